The molecule has 4 atom stereocenters. The van der Waals surface area contributed by atoms with Crippen molar-refractivity contribution >= 4 is 34.3 Å². The Morgan fingerprint density at radius 2 is 1.79 bits per heavy atom. The van der Waals surface area contributed by atoms with E-state index in [4.69, 9.17) is 11.6 Å². The Bertz CT molecular complexity index is 1630. The van der Waals surface area contributed by atoms with E-state index in [2.05, 4.69) is 34.8 Å². The Labute approximate surface area is 290 Å². The van der Waals surface area contributed by atoms with Gasteiger partial charge in [0.05, 0.1) is 28.0 Å². The molecule has 6 rings (SSSR count). The summed E-state index contributed by atoms with van der Waals surface area (Å²) in [6, 6.07) is 4.94. The third-order valence-corrected chi connectivity index (χ3v) is 11.6. The highest BCUT2D eigenvalue weighted by molar-refractivity contribution is 6.35. The molecule has 5 heterocycles. The van der Waals surface area contributed by atoms with Gasteiger partial charge in [-0.25, -0.2) is 4.39 Å². The second kappa shape index (κ2) is 14.5. The normalized spacial score (nSPS) is 22.4. The lowest BCUT2D eigenvalue weighted by Gasteiger charge is -2.32. The predicted molar refractivity (Wildman–Crippen MR) is 190 cm³/mol. The van der Waals surface area contributed by atoms with Crippen molar-refractivity contribution in [1.29, 1.82) is 0 Å². The van der Waals surface area contributed by atoms with Crippen LogP contribution in [0.15, 0.2) is 36.8 Å². The van der Waals surface area contributed by atoms with Gasteiger partial charge in [-0.3, -0.25) is 19.5 Å². The fourth-order valence-electron chi connectivity index (χ4n) is 8.52. The standard InChI is InChI=1S/C38H52ClFN6O2/c1-24(2)34(8-7-12-43-19-29-21-45(26(5)47)22-30(29)20-43)44-13-11-27(18-44)14-28-23-46(36-17-41-16-33(39)37(28)36)35-10-9-31(40)15-32(35)38(48)42(6)25(3)4/h9-10,15-17,23-25,27,29-30,34H,7-8,11-14,18-22H2,1-6H3/t27-,29+,30?,34-/m1/s1. The van der Waals surface area contributed by atoms with Gasteiger partial charge in [0.2, 0.25) is 5.91 Å². The lowest BCUT2D eigenvalue weighted by molar-refractivity contribution is -0.128. The second-order valence-corrected chi connectivity index (χ2v) is 15.6. The summed E-state index contributed by atoms with van der Waals surface area (Å²) in [5.74, 6) is 1.89. The summed E-state index contributed by atoms with van der Waals surface area (Å²) in [5.41, 5.74) is 2.89. The number of likely N-dealkylation sites (tertiary alicyclic amines) is 3. The Balaban J connectivity index is 1.14. The SMILES string of the molecule is CC(=O)N1CC2CN(CCC[C@H](C(C)C)N3CC[C@H](Cc4cn(-c5ccc(F)cc5C(=O)N(C)C(C)C)c5cncc(Cl)c45)C3)C[C@H]2C1. The molecule has 0 N–H and O–H groups in total. The zero-order valence-corrected chi connectivity index (χ0v) is 30.2. The summed E-state index contributed by atoms with van der Waals surface area (Å²) in [6.07, 6.45) is 9.94. The molecule has 0 bridgehead atoms. The fourth-order valence-corrected chi connectivity index (χ4v) is 8.79. The predicted octanol–water partition coefficient (Wildman–Crippen LogP) is 6.38. The third kappa shape index (κ3) is 7.15. The number of carbonyl (C=O) groups excluding carboxylic acids is 2. The smallest absolute Gasteiger partial charge is 0.256 e. The molecule has 0 spiro atoms. The van der Waals surface area contributed by atoms with Crippen LogP contribution in [-0.2, 0) is 11.2 Å². The van der Waals surface area contributed by atoms with Crippen molar-refractivity contribution < 1.29 is 14.0 Å². The first kappa shape index (κ1) is 34.8. The van der Waals surface area contributed by atoms with E-state index in [-0.39, 0.29) is 17.9 Å². The monoisotopic (exact) mass is 678 g/mol. The average Bonchev–Trinajstić information content (AvgIpc) is 3.82. The van der Waals surface area contributed by atoms with E-state index in [0.717, 1.165) is 75.1 Å². The van der Waals surface area contributed by atoms with Crippen LogP contribution in [-0.4, -0.2) is 106 Å². The molecule has 3 aliphatic heterocycles. The lowest BCUT2D eigenvalue weighted by Crippen LogP contribution is -2.38. The molecule has 260 valence electrons. The van der Waals surface area contributed by atoms with E-state index in [0.29, 0.717) is 46.0 Å². The molecule has 1 aromatic carbocycles. The van der Waals surface area contributed by atoms with Crippen LogP contribution in [0.1, 0.15) is 69.8 Å². The Hall–Kier alpha value is -3.01. The number of benzene rings is 1. The minimum absolute atomic E-state index is 0.0262. The van der Waals surface area contributed by atoms with Crippen LogP contribution in [0.3, 0.4) is 0 Å². The highest BCUT2D eigenvalue weighted by atomic mass is 35.5. The maximum Gasteiger partial charge on any atom is 0.256 e. The molecule has 2 aromatic heterocycles. The van der Waals surface area contributed by atoms with E-state index in [9.17, 15) is 14.0 Å². The van der Waals surface area contributed by atoms with Crippen molar-refractivity contribution in [1.82, 2.24) is 29.2 Å². The van der Waals surface area contributed by atoms with Crippen molar-refractivity contribution in [2.45, 2.75) is 72.4 Å². The van der Waals surface area contributed by atoms with Crippen molar-refractivity contribution in [3.05, 3.63) is 58.8 Å². The average molecular weight is 679 g/mol. The van der Waals surface area contributed by atoms with E-state index < -0.39 is 5.82 Å². The topological polar surface area (TPSA) is 64.9 Å². The second-order valence-electron chi connectivity index (χ2n) is 15.2. The van der Waals surface area contributed by atoms with Crippen molar-refractivity contribution in [3.63, 3.8) is 0 Å². The lowest BCUT2D eigenvalue weighted by atomic mass is 9.96. The molecule has 3 fully saturated rings. The largest absolute Gasteiger partial charge is 0.342 e. The maximum atomic E-state index is 14.5. The highest BCUT2D eigenvalue weighted by Gasteiger charge is 2.40. The molecule has 0 saturated carbocycles. The van der Waals surface area contributed by atoms with Crippen molar-refractivity contribution in [3.8, 4) is 5.69 Å². The van der Waals surface area contributed by atoms with Crippen LogP contribution in [0.2, 0.25) is 5.02 Å². The number of fused-ring (bicyclic) bond motifs is 2. The fraction of sp³-hybridized carbons (Fsp3) is 0.605. The van der Waals surface area contributed by atoms with Crippen LogP contribution in [0, 0.1) is 29.5 Å². The summed E-state index contributed by atoms with van der Waals surface area (Å²) in [6.45, 7) is 17.7. The Morgan fingerprint density at radius 1 is 1.06 bits per heavy atom. The first-order valence-corrected chi connectivity index (χ1v) is 18.2. The zero-order valence-electron chi connectivity index (χ0n) is 29.5. The molecule has 0 aliphatic carbocycles. The van der Waals surface area contributed by atoms with Crippen LogP contribution in [0.5, 0.6) is 0 Å². The number of carbonyl (C=O) groups is 2. The number of pyridine rings is 1. The summed E-state index contributed by atoms with van der Waals surface area (Å²) in [4.78, 5) is 38.7. The van der Waals surface area contributed by atoms with Gasteiger partial charge in [-0.2, -0.15) is 0 Å². The summed E-state index contributed by atoms with van der Waals surface area (Å²) < 4.78 is 16.5. The van der Waals surface area contributed by atoms with Gasteiger partial charge in [-0.05, 0) is 100 Å². The van der Waals surface area contributed by atoms with Gasteiger partial charge in [-0.1, -0.05) is 25.4 Å². The molecule has 8 nitrogen and oxygen atoms in total. The van der Waals surface area contributed by atoms with Crippen molar-refractivity contribution in [2.24, 2.45) is 23.7 Å². The number of nitrogens with zero attached hydrogens (tertiary/aromatic N) is 6. The van der Waals surface area contributed by atoms with E-state index in [1.54, 1.807) is 37.3 Å². The Kier molecular flexibility index (Phi) is 10.5. The number of amides is 2. The first-order valence-electron chi connectivity index (χ1n) is 17.8. The number of aromatic nitrogens is 2. The van der Waals surface area contributed by atoms with E-state index >= 15 is 0 Å². The molecule has 3 aromatic rings. The van der Waals surface area contributed by atoms with Crippen LogP contribution < -0.4 is 0 Å². The Morgan fingerprint density at radius 3 is 2.46 bits per heavy atom. The van der Waals surface area contributed by atoms with E-state index in [1.807, 2.05) is 23.3 Å². The number of halogens is 2. The molecule has 10 heteroatoms. The van der Waals surface area contributed by atoms with Gasteiger partial charge in [-0.15, -0.1) is 0 Å². The van der Waals surface area contributed by atoms with Crippen LogP contribution in [0.25, 0.3) is 16.6 Å². The summed E-state index contributed by atoms with van der Waals surface area (Å²) in [5, 5.41) is 1.54. The van der Waals surface area contributed by atoms with Gasteiger partial charge in [0.25, 0.3) is 5.91 Å². The number of hydrogen-bond donors (Lipinski definition) is 0. The molecule has 0 radical (unpaired) electrons. The molecule has 2 amide bonds. The van der Waals surface area contributed by atoms with Gasteiger partial charge in [0, 0.05) is 76.6 Å². The summed E-state index contributed by atoms with van der Waals surface area (Å²) >= 11 is 6.81. The van der Waals surface area contributed by atoms with E-state index in [1.165, 1.54) is 25.0 Å². The van der Waals surface area contributed by atoms with Crippen LogP contribution >= 0.6 is 11.6 Å². The summed E-state index contributed by atoms with van der Waals surface area (Å²) in [7, 11) is 1.75. The van der Waals surface area contributed by atoms with Gasteiger partial charge >= 0.3 is 0 Å². The minimum atomic E-state index is -0.443. The van der Waals surface area contributed by atoms with Gasteiger partial charge in [0.1, 0.15) is 5.82 Å². The zero-order chi connectivity index (χ0) is 34.3. The first-order chi connectivity index (χ1) is 22.9. The molecule has 3 saturated heterocycles. The third-order valence-electron chi connectivity index (χ3n) is 11.3. The number of hydrogen-bond acceptors (Lipinski definition) is 5. The van der Waals surface area contributed by atoms with Gasteiger partial charge < -0.3 is 19.3 Å². The quantitative estimate of drug-likeness (QED) is 0.236. The van der Waals surface area contributed by atoms with Gasteiger partial charge in [0.15, 0.2) is 0 Å². The minimum Gasteiger partial charge on any atom is -0.342 e. The van der Waals surface area contributed by atoms with Crippen molar-refractivity contribution in [2.75, 3.05) is 52.9 Å². The highest BCUT2D eigenvalue weighted by Crippen LogP contribution is 2.36. The molecule has 48 heavy (non-hydrogen) atoms. The molecule has 1 unspecified atom stereocenters. The maximum absolute atomic E-state index is 14.5. The number of rotatable bonds is 11. The molecular weight excluding hydrogens is 627 g/mol. The molecular formula is C38H52ClFN6O2. The molecule has 3 aliphatic rings. The van der Waals surface area contributed by atoms with Crippen LogP contribution in [0.4, 0.5) is 4.39 Å².